The van der Waals surface area contributed by atoms with Gasteiger partial charge in [0, 0.05) is 79.1 Å². The van der Waals surface area contributed by atoms with Crippen LogP contribution in [0.15, 0.2) is 54.7 Å². The van der Waals surface area contributed by atoms with Crippen molar-refractivity contribution in [1.82, 2.24) is 25.3 Å². The van der Waals surface area contributed by atoms with Crippen LogP contribution in [0.2, 0.25) is 0 Å². The summed E-state index contributed by atoms with van der Waals surface area (Å²) in [6.45, 7) is 14.9. The molecule has 4 aromatic rings. The van der Waals surface area contributed by atoms with Gasteiger partial charge in [0.05, 0.1) is 41.8 Å². The average Bonchev–Trinajstić information content (AvgIpc) is 3.67. The second kappa shape index (κ2) is 16.1. The summed E-state index contributed by atoms with van der Waals surface area (Å²) in [5.74, 6) is 0.676. The number of aromatic nitrogens is 2. The van der Waals surface area contributed by atoms with E-state index in [0.29, 0.717) is 35.2 Å². The lowest BCUT2D eigenvalue weighted by Gasteiger charge is -2.63. The third-order valence-corrected chi connectivity index (χ3v) is 13.6. The summed E-state index contributed by atoms with van der Waals surface area (Å²) in [4.78, 5) is 44.1. The first kappa shape index (κ1) is 41.1. The highest BCUT2D eigenvalue weighted by Crippen LogP contribution is 2.56. The summed E-state index contributed by atoms with van der Waals surface area (Å²) < 4.78 is 29.9. The fourth-order valence-electron chi connectivity index (χ4n) is 10.6. The van der Waals surface area contributed by atoms with Crippen LogP contribution in [0.5, 0.6) is 11.5 Å². The van der Waals surface area contributed by atoms with E-state index in [9.17, 15) is 19.6 Å². The number of piperidine rings is 2. The molecule has 0 spiro atoms. The highest BCUT2D eigenvalue weighted by atomic mass is 19.1. The third kappa shape index (κ3) is 7.42. The monoisotopic (exact) mass is 818 g/mol. The number of carbonyl (C=O) groups is 3. The van der Waals surface area contributed by atoms with E-state index in [0.717, 1.165) is 80.6 Å². The van der Waals surface area contributed by atoms with Crippen molar-refractivity contribution in [1.29, 1.82) is 5.26 Å². The molecule has 8 rings (SSSR count). The van der Waals surface area contributed by atoms with Crippen LogP contribution < -0.4 is 29.9 Å². The molecule has 0 atom stereocenters. The van der Waals surface area contributed by atoms with Crippen molar-refractivity contribution in [2.75, 3.05) is 56.2 Å². The van der Waals surface area contributed by atoms with Crippen LogP contribution in [0.25, 0.3) is 10.9 Å². The Morgan fingerprint density at radius 1 is 0.983 bits per heavy atom. The van der Waals surface area contributed by atoms with Crippen LogP contribution in [-0.2, 0) is 4.79 Å². The van der Waals surface area contributed by atoms with Gasteiger partial charge in [-0.15, -0.1) is 0 Å². The minimum absolute atomic E-state index is 0.237. The lowest BCUT2D eigenvalue weighted by atomic mass is 9.49. The second-order valence-corrected chi connectivity index (χ2v) is 18.1. The number of carbonyl (C=O) groups excluding carboxylic acids is 3. The van der Waals surface area contributed by atoms with Gasteiger partial charge in [-0.05, 0) is 81.0 Å². The number of imide groups is 1. The van der Waals surface area contributed by atoms with Gasteiger partial charge in [0.25, 0.3) is 5.91 Å². The van der Waals surface area contributed by atoms with Crippen LogP contribution in [-0.4, -0.2) is 91.1 Å². The van der Waals surface area contributed by atoms with Gasteiger partial charge < -0.3 is 24.6 Å². The smallest absolute Gasteiger partial charge is 0.328 e. The van der Waals surface area contributed by atoms with E-state index in [1.807, 2.05) is 31.3 Å². The van der Waals surface area contributed by atoms with E-state index >= 15 is 4.39 Å². The zero-order valence-electron chi connectivity index (χ0n) is 35.4. The van der Waals surface area contributed by atoms with Gasteiger partial charge in [-0.1, -0.05) is 33.8 Å². The molecule has 4 heterocycles. The topological polar surface area (TPSA) is 145 Å². The van der Waals surface area contributed by atoms with Crippen molar-refractivity contribution in [3.05, 3.63) is 77.2 Å². The van der Waals surface area contributed by atoms with Crippen molar-refractivity contribution in [3.63, 3.8) is 0 Å². The van der Waals surface area contributed by atoms with Crippen molar-refractivity contribution in [3.8, 4) is 17.6 Å². The van der Waals surface area contributed by atoms with Gasteiger partial charge >= 0.3 is 6.03 Å². The normalized spacial score (nSPS) is 22.2. The van der Waals surface area contributed by atoms with E-state index < -0.39 is 22.7 Å². The number of benzene rings is 3. The predicted molar refractivity (Wildman–Crippen MR) is 227 cm³/mol. The quantitative estimate of drug-likeness (QED) is 0.173. The minimum Gasteiger partial charge on any atom is -0.495 e. The molecule has 1 aromatic heterocycles. The Morgan fingerprint density at radius 3 is 2.38 bits per heavy atom. The number of methoxy groups -OCH3 is 1. The van der Waals surface area contributed by atoms with Gasteiger partial charge in [-0.3, -0.25) is 24.5 Å². The SMILES string of the molecule is COc1c(C#N)ccc(OC2C(C)(C)C(NC(=O)c3ccc(N4CCC(CN5CCC(n6ncc7c(N8CCC(=O)NC8=O)cccc76)CC5)CC4)c(F)c3)C2(C)C)c1C. The van der Waals surface area contributed by atoms with Gasteiger partial charge in [-0.25, -0.2) is 9.18 Å². The van der Waals surface area contributed by atoms with Gasteiger partial charge in [0.15, 0.2) is 0 Å². The summed E-state index contributed by atoms with van der Waals surface area (Å²) in [5, 5.41) is 20.8. The molecule has 4 amide bonds. The molecule has 14 heteroatoms. The predicted octanol–water partition coefficient (Wildman–Crippen LogP) is 6.98. The number of amides is 4. The summed E-state index contributed by atoms with van der Waals surface area (Å²) in [6, 6.07) is 16.0. The molecule has 3 aromatic carbocycles. The first-order valence-corrected chi connectivity index (χ1v) is 21.1. The average molecular weight is 819 g/mol. The summed E-state index contributed by atoms with van der Waals surface area (Å²) in [6.07, 6.45) is 5.74. The zero-order chi connectivity index (χ0) is 42.5. The largest absolute Gasteiger partial charge is 0.495 e. The maximum atomic E-state index is 15.7. The van der Waals surface area contributed by atoms with Crippen LogP contribution in [0.1, 0.15) is 87.3 Å². The fraction of sp³-hybridized carbons (Fsp3) is 0.500. The van der Waals surface area contributed by atoms with E-state index in [4.69, 9.17) is 14.6 Å². The summed E-state index contributed by atoms with van der Waals surface area (Å²) in [5.41, 5.74) is 2.89. The van der Waals surface area contributed by atoms with E-state index in [2.05, 4.69) is 58.9 Å². The van der Waals surface area contributed by atoms with Crippen LogP contribution >= 0.6 is 0 Å². The molecule has 1 aliphatic carbocycles. The fourth-order valence-corrected chi connectivity index (χ4v) is 10.6. The number of nitrogens with one attached hydrogen (secondary N) is 2. The van der Waals surface area contributed by atoms with Gasteiger partial charge in [0.1, 0.15) is 29.5 Å². The number of likely N-dealkylation sites (tertiary alicyclic amines) is 1. The van der Waals surface area contributed by atoms with E-state index in [1.54, 1.807) is 29.2 Å². The summed E-state index contributed by atoms with van der Waals surface area (Å²) in [7, 11) is 1.54. The molecule has 4 fully saturated rings. The number of hydrogen-bond donors (Lipinski definition) is 2. The van der Waals surface area contributed by atoms with Crippen LogP contribution in [0.3, 0.4) is 0 Å². The minimum atomic E-state index is -0.440. The van der Waals surface area contributed by atoms with Crippen LogP contribution in [0.4, 0.5) is 20.6 Å². The number of anilines is 2. The molecule has 316 valence electrons. The lowest BCUT2D eigenvalue weighted by molar-refractivity contribution is -0.164. The maximum absolute atomic E-state index is 15.7. The Kier molecular flexibility index (Phi) is 11.0. The number of hydrogen-bond acceptors (Lipinski definition) is 9. The van der Waals surface area contributed by atoms with Crippen molar-refractivity contribution >= 4 is 40.1 Å². The Bertz CT molecular complexity index is 2340. The number of halogens is 1. The van der Waals surface area contributed by atoms with Crippen LogP contribution in [0, 0.1) is 40.8 Å². The molecule has 4 aliphatic rings. The number of fused-ring (bicyclic) bond motifs is 1. The molecular weight excluding hydrogens is 764 g/mol. The first-order chi connectivity index (χ1) is 28.7. The maximum Gasteiger partial charge on any atom is 0.328 e. The van der Waals surface area contributed by atoms with Crippen molar-refractivity contribution in [2.24, 2.45) is 16.7 Å². The zero-order valence-corrected chi connectivity index (χ0v) is 35.4. The standard InChI is InChI=1S/C46H55FN8O5/c1-28-38(13-11-31(25-48)40(28)59-6)60-43-45(2,3)42(46(43,4)5)51-41(57)30-10-12-37(34(47)24-30)53-21-14-29(15-22-53)27-52-19-16-32(17-20-52)55-36-9-7-8-35(33(36)26-49-55)54-23-18-39(56)50-44(54)58/h7-13,24,26,29,32,42-43H,14-23,27H2,1-6H3,(H,51,57)(H,50,56,58). The van der Waals surface area contributed by atoms with E-state index in [-0.39, 0.29) is 42.0 Å². The molecule has 1 saturated carbocycles. The second-order valence-electron chi connectivity index (χ2n) is 18.1. The highest BCUT2D eigenvalue weighted by molar-refractivity contribution is 6.09. The molecule has 3 saturated heterocycles. The first-order valence-electron chi connectivity index (χ1n) is 21.1. The third-order valence-electron chi connectivity index (χ3n) is 13.6. The molecule has 60 heavy (non-hydrogen) atoms. The molecule has 3 aliphatic heterocycles. The Labute approximate surface area is 350 Å². The molecular formula is C46H55FN8O5. The van der Waals surface area contributed by atoms with Crippen molar-refractivity contribution in [2.45, 2.75) is 84.9 Å². The molecule has 0 bridgehead atoms. The number of nitrogens with zero attached hydrogens (tertiary/aromatic N) is 6. The Morgan fingerprint density at radius 2 is 1.72 bits per heavy atom. The number of ether oxygens (including phenoxy) is 2. The molecule has 0 unspecified atom stereocenters. The molecule has 13 nitrogen and oxygen atoms in total. The van der Waals surface area contributed by atoms with Crippen molar-refractivity contribution < 1.29 is 28.2 Å². The van der Waals surface area contributed by atoms with Gasteiger partial charge in [-0.2, -0.15) is 10.4 Å². The Hall–Kier alpha value is -5.68. The highest BCUT2D eigenvalue weighted by Gasteiger charge is 2.64. The van der Waals surface area contributed by atoms with E-state index in [1.165, 1.54) is 13.2 Å². The number of nitriles is 1. The Balaban J connectivity index is 0.821. The number of rotatable bonds is 10. The molecule has 2 N–H and O–H groups in total. The number of urea groups is 1. The molecule has 0 radical (unpaired) electrons. The van der Waals surface area contributed by atoms with Gasteiger partial charge in [0.2, 0.25) is 5.91 Å². The summed E-state index contributed by atoms with van der Waals surface area (Å²) >= 11 is 0. The lowest BCUT2D eigenvalue weighted by Crippen LogP contribution is -2.74.